The molecule has 1 aromatic rings. The minimum absolute atomic E-state index is 0.0770. The molecule has 25 heavy (non-hydrogen) atoms. The minimum atomic E-state index is -3.26. The molecular formula is C17H27F2N3O2S. The maximum absolute atomic E-state index is 13.9. The van der Waals surface area contributed by atoms with Crippen LogP contribution in [0.1, 0.15) is 46.2 Å². The molecule has 1 atom stereocenters. The number of rotatable bonds is 6. The number of nitrogens with one attached hydrogen (secondary N) is 2. The molecule has 0 aliphatic heterocycles. The van der Waals surface area contributed by atoms with E-state index in [4.69, 9.17) is 0 Å². The van der Waals surface area contributed by atoms with Gasteiger partial charge in [0, 0.05) is 18.2 Å². The Morgan fingerprint density at radius 3 is 2.44 bits per heavy atom. The summed E-state index contributed by atoms with van der Waals surface area (Å²) >= 11 is 0. The third-order valence-corrected chi connectivity index (χ3v) is 6.28. The standard InChI is InChI=1S/C17H27F2N3O2S/c1-6-20-16(21-9-10-25(23,24)17(3,4)5)22-12(2)14-8-7-13(18)11-15(14)19/h7-8,11-12H,6,9-10H2,1-5H3,(H2,20,21,22). The molecule has 0 aliphatic carbocycles. The van der Waals surface area contributed by atoms with Crippen molar-refractivity contribution in [2.24, 2.45) is 4.99 Å². The Morgan fingerprint density at radius 2 is 1.92 bits per heavy atom. The summed E-state index contributed by atoms with van der Waals surface area (Å²) in [5.41, 5.74) is 0.300. The maximum Gasteiger partial charge on any atom is 0.191 e. The Bertz CT molecular complexity index is 713. The second-order valence-corrected chi connectivity index (χ2v) is 9.59. The molecule has 2 N–H and O–H groups in total. The number of halogens is 2. The van der Waals surface area contributed by atoms with Crippen LogP contribution in [0.4, 0.5) is 8.78 Å². The number of hydrogen-bond donors (Lipinski definition) is 2. The van der Waals surface area contributed by atoms with Gasteiger partial charge in [0.1, 0.15) is 11.6 Å². The second-order valence-electron chi connectivity index (χ2n) is 6.72. The summed E-state index contributed by atoms with van der Waals surface area (Å²) < 4.78 is 50.3. The molecule has 0 amide bonds. The van der Waals surface area contributed by atoms with Crippen molar-refractivity contribution in [1.82, 2.24) is 10.6 Å². The van der Waals surface area contributed by atoms with Crippen LogP contribution in [0, 0.1) is 11.6 Å². The summed E-state index contributed by atoms with van der Waals surface area (Å²) in [5, 5.41) is 5.99. The van der Waals surface area contributed by atoms with E-state index in [-0.39, 0.29) is 12.3 Å². The van der Waals surface area contributed by atoms with E-state index >= 15 is 0 Å². The van der Waals surface area contributed by atoms with Gasteiger partial charge in [-0.1, -0.05) is 6.07 Å². The lowest BCUT2D eigenvalue weighted by Crippen LogP contribution is -2.39. The van der Waals surface area contributed by atoms with Gasteiger partial charge in [-0.2, -0.15) is 0 Å². The van der Waals surface area contributed by atoms with Crippen molar-refractivity contribution in [1.29, 1.82) is 0 Å². The number of nitrogens with zero attached hydrogens (tertiary/aromatic N) is 1. The molecule has 0 saturated heterocycles. The SMILES string of the molecule is CCNC(=NCCS(=O)(=O)C(C)(C)C)NC(C)c1ccc(F)cc1F. The highest BCUT2D eigenvalue weighted by atomic mass is 32.2. The first kappa shape index (κ1) is 21.3. The van der Waals surface area contributed by atoms with Crippen LogP contribution in [-0.4, -0.2) is 38.0 Å². The predicted molar refractivity (Wildman–Crippen MR) is 97.4 cm³/mol. The van der Waals surface area contributed by atoms with Crippen molar-refractivity contribution < 1.29 is 17.2 Å². The molecule has 0 bridgehead atoms. The van der Waals surface area contributed by atoms with E-state index in [1.165, 1.54) is 12.1 Å². The molecule has 142 valence electrons. The van der Waals surface area contributed by atoms with E-state index in [0.29, 0.717) is 18.1 Å². The Kier molecular flexibility index (Phi) is 7.34. The van der Waals surface area contributed by atoms with Gasteiger partial charge in [0.15, 0.2) is 15.8 Å². The highest BCUT2D eigenvalue weighted by molar-refractivity contribution is 7.92. The Hall–Kier alpha value is -1.70. The van der Waals surface area contributed by atoms with Crippen molar-refractivity contribution in [2.75, 3.05) is 18.8 Å². The monoisotopic (exact) mass is 375 g/mol. The molecule has 0 fully saturated rings. The van der Waals surface area contributed by atoms with Gasteiger partial charge >= 0.3 is 0 Å². The molecule has 1 unspecified atom stereocenters. The van der Waals surface area contributed by atoms with Gasteiger partial charge in [0.05, 0.1) is 23.1 Å². The zero-order chi connectivity index (χ0) is 19.3. The molecule has 0 radical (unpaired) electrons. The van der Waals surface area contributed by atoms with Gasteiger partial charge in [0.25, 0.3) is 0 Å². The van der Waals surface area contributed by atoms with Gasteiger partial charge in [0.2, 0.25) is 0 Å². The number of aliphatic imine (C=N–C) groups is 1. The van der Waals surface area contributed by atoms with Crippen molar-refractivity contribution in [2.45, 2.75) is 45.4 Å². The molecule has 5 nitrogen and oxygen atoms in total. The zero-order valence-corrected chi connectivity index (χ0v) is 16.2. The Balaban J connectivity index is 2.82. The number of benzene rings is 1. The van der Waals surface area contributed by atoms with Gasteiger partial charge in [-0.25, -0.2) is 17.2 Å². The van der Waals surface area contributed by atoms with Crippen LogP contribution in [0.3, 0.4) is 0 Å². The first-order chi connectivity index (χ1) is 11.5. The summed E-state index contributed by atoms with van der Waals surface area (Å²) in [6.45, 7) is 9.18. The molecule has 1 rings (SSSR count). The van der Waals surface area contributed by atoms with Crippen LogP contribution in [0.5, 0.6) is 0 Å². The average molecular weight is 375 g/mol. The maximum atomic E-state index is 13.9. The smallest absolute Gasteiger partial charge is 0.191 e. The van der Waals surface area contributed by atoms with Crippen molar-refractivity contribution >= 4 is 15.8 Å². The van der Waals surface area contributed by atoms with Crippen LogP contribution in [0.15, 0.2) is 23.2 Å². The normalized spacial score (nSPS) is 14.3. The van der Waals surface area contributed by atoms with E-state index < -0.39 is 32.3 Å². The van der Waals surface area contributed by atoms with Crippen molar-refractivity contribution in [3.63, 3.8) is 0 Å². The van der Waals surface area contributed by atoms with Crippen LogP contribution in [0.2, 0.25) is 0 Å². The average Bonchev–Trinajstić information content (AvgIpc) is 2.45. The lowest BCUT2D eigenvalue weighted by Gasteiger charge is -2.20. The molecule has 0 heterocycles. The molecule has 8 heteroatoms. The fraction of sp³-hybridized carbons (Fsp3) is 0.588. The van der Waals surface area contributed by atoms with Gasteiger partial charge in [-0.05, 0) is 40.7 Å². The first-order valence-electron chi connectivity index (χ1n) is 8.20. The number of hydrogen-bond acceptors (Lipinski definition) is 3. The van der Waals surface area contributed by atoms with Gasteiger partial charge < -0.3 is 10.6 Å². The quantitative estimate of drug-likeness (QED) is 0.592. The lowest BCUT2D eigenvalue weighted by atomic mass is 10.1. The molecular weight excluding hydrogens is 348 g/mol. The van der Waals surface area contributed by atoms with E-state index in [1.807, 2.05) is 6.92 Å². The molecule has 1 aromatic carbocycles. The first-order valence-corrected chi connectivity index (χ1v) is 9.85. The number of sulfone groups is 1. The third kappa shape index (κ3) is 6.26. The fourth-order valence-corrected chi connectivity index (χ4v) is 2.98. The predicted octanol–water partition coefficient (Wildman–Crippen LogP) is 2.79. The van der Waals surface area contributed by atoms with Gasteiger partial charge in [-0.3, -0.25) is 4.99 Å². The van der Waals surface area contributed by atoms with Crippen molar-refractivity contribution in [3.05, 3.63) is 35.4 Å². The van der Waals surface area contributed by atoms with Crippen LogP contribution < -0.4 is 10.6 Å². The number of guanidine groups is 1. The Morgan fingerprint density at radius 1 is 1.28 bits per heavy atom. The highest BCUT2D eigenvalue weighted by Gasteiger charge is 2.28. The third-order valence-electron chi connectivity index (χ3n) is 3.69. The Labute approximate surface area is 148 Å². The lowest BCUT2D eigenvalue weighted by molar-refractivity contribution is 0.551. The fourth-order valence-electron chi connectivity index (χ4n) is 2.04. The van der Waals surface area contributed by atoms with E-state index in [1.54, 1.807) is 27.7 Å². The second kappa shape index (κ2) is 8.60. The van der Waals surface area contributed by atoms with Crippen LogP contribution in [0.25, 0.3) is 0 Å². The topological polar surface area (TPSA) is 70.6 Å². The van der Waals surface area contributed by atoms with E-state index in [0.717, 1.165) is 6.07 Å². The van der Waals surface area contributed by atoms with E-state index in [2.05, 4.69) is 15.6 Å². The zero-order valence-electron chi connectivity index (χ0n) is 15.4. The summed E-state index contributed by atoms with van der Waals surface area (Å²) in [5.74, 6) is -0.984. The largest absolute Gasteiger partial charge is 0.357 e. The molecule has 0 aromatic heterocycles. The summed E-state index contributed by atoms with van der Waals surface area (Å²) in [7, 11) is -3.26. The molecule has 0 spiro atoms. The summed E-state index contributed by atoms with van der Waals surface area (Å²) in [4.78, 5) is 4.24. The van der Waals surface area contributed by atoms with E-state index in [9.17, 15) is 17.2 Å². The van der Waals surface area contributed by atoms with Gasteiger partial charge in [-0.15, -0.1) is 0 Å². The molecule has 0 aliphatic rings. The molecule has 0 saturated carbocycles. The summed E-state index contributed by atoms with van der Waals surface area (Å²) in [6.07, 6.45) is 0. The summed E-state index contributed by atoms with van der Waals surface area (Å²) in [6, 6.07) is 2.93. The highest BCUT2D eigenvalue weighted by Crippen LogP contribution is 2.18. The van der Waals surface area contributed by atoms with Crippen LogP contribution >= 0.6 is 0 Å². The van der Waals surface area contributed by atoms with Crippen LogP contribution in [-0.2, 0) is 9.84 Å². The minimum Gasteiger partial charge on any atom is -0.357 e. The van der Waals surface area contributed by atoms with Crippen molar-refractivity contribution in [3.8, 4) is 0 Å².